The van der Waals surface area contributed by atoms with Crippen LogP contribution in [0.4, 0.5) is 0 Å². The second-order valence-electron chi connectivity index (χ2n) is 6.72. The summed E-state index contributed by atoms with van der Waals surface area (Å²) in [6, 6.07) is 20.1. The van der Waals surface area contributed by atoms with Gasteiger partial charge in [0.25, 0.3) is 0 Å². The highest BCUT2D eigenvalue weighted by atomic mass is 32.2. The minimum atomic E-state index is -3.02. The summed E-state index contributed by atoms with van der Waals surface area (Å²) in [5, 5.41) is 0.762. The molecule has 2 atom stereocenters. The minimum absolute atomic E-state index is 0.0542. The maximum absolute atomic E-state index is 12.3. The third-order valence-corrected chi connectivity index (χ3v) is 7.14. The van der Waals surface area contributed by atoms with Crippen molar-refractivity contribution in [2.75, 3.05) is 11.5 Å². The van der Waals surface area contributed by atoms with E-state index in [-0.39, 0.29) is 23.6 Å². The van der Waals surface area contributed by atoms with Gasteiger partial charge in [0.15, 0.2) is 14.9 Å². The molecule has 4 rings (SSSR count). The SMILES string of the molecule is O=S1(=O)CC2C(C1)N(Cc1ccccc1)C(=S)N2Cc1ccccc1. The van der Waals surface area contributed by atoms with E-state index in [0.717, 1.165) is 16.2 Å². The zero-order chi connectivity index (χ0) is 17.4. The second-order valence-corrected chi connectivity index (χ2v) is 9.24. The van der Waals surface area contributed by atoms with E-state index in [1.165, 1.54) is 0 Å². The van der Waals surface area contributed by atoms with Crippen molar-refractivity contribution < 1.29 is 8.42 Å². The average molecular weight is 373 g/mol. The topological polar surface area (TPSA) is 40.6 Å². The molecular formula is C19H20N2O2S2. The van der Waals surface area contributed by atoms with Crippen LogP contribution in [0.5, 0.6) is 0 Å². The van der Waals surface area contributed by atoms with Crippen LogP contribution in [0.2, 0.25) is 0 Å². The number of thiocarbonyl (C=S) groups is 1. The Labute approximate surface area is 154 Å². The van der Waals surface area contributed by atoms with Gasteiger partial charge < -0.3 is 9.80 Å². The molecule has 2 aromatic rings. The molecule has 0 aliphatic carbocycles. The first-order chi connectivity index (χ1) is 12.0. The maximum atomic E-state index is 12.3. The number of nitrogens with zero attached hydrogens (tertiary/aromatic N) is 2. The first kappa shape index (κ1) is 16.5. The van der Waals surface area contributed by atoms with Gasteiger partial charge in [-0.3, -0.25) is 0 Å². The standard InChI is InChI=1S/C19H20N2O2S2/c22-25(23)13-17-18(14-25)21(12-16-9-5-2-6-10-16)19(24)20(17)11-15-7-3-1-4-8-15/h1-10,17-18H,11-14H2. The molecule has 2 saturated heterocycles. The highest BCUT2D eigenvalue weighted by molar-refractivity contribution is 7.91. The van der Waals surface area contributed by atoms with Gasteiger partial charge in [0.1, 0.15) is 0 Å². The zero-order valence-electron chi connectivity index (χ0n) is 13.8. The first-order valence-electron chi connectivity index (χ1n) is 8.39. The van der Waals surface area contributed by atoms with Crippen LogP contribution < -0.4 is 0 Å². The minimum Gasteiger partial charge on any atom is -0.339 e. The Morgan fingerprint density at radius 1 is 0.800 bits per heavy atom. The van der Waals surface area contributed by atoms with Crippen molar-refractivity contribution in [3.63, 3.8) is 0 Å². The third kappa shape index (κ3) is 3.28. The van der Waals surface area contributed by atoms with E-state index in [2.05, 4.69) is 34.1 Å². The fraction of sp³-hybridized carbons (Fsp3) is 0.316. The van der Waals surface area contributed by atoms with Crippen molar-refractivity contribution in [1.82, 2.24) is 9.80 Å². The first-order valence-corrected chi connectivity index (χ1v) is 10.6. The molecule has 0 aromatic heterocycles. The van der Waals surface area contributed by atoms with Crippen molar-refractivity contribution in [3.05, 3.63) is 71.8 Å². The summed E-state index contributed by atoms with van der Waals surface area (Å²) in [5.74, 6) is 0.381. The Kier molecular flexibility index (Phi) is 4.25. The van der Waals surface area contributed by atoms with E-state index in [1.54, 1.807) is 0 Å². The van der Waals surface area contributed by atoms with Crippen molar-refractivity contribution in [2.24, 2.45) is 0 Å². The predicted molar refractivity (Wildman–Crippen MR) is 103 cm³/mol. The fourth-order valence-electron chi connectivity index (χ4n) is 3.78. The lowest BCUT2D eigenvalue weighted by molar-refractivity contribution is 0.306. The molecule has 0 bridgehead atoms. The van der Waals surface area contributed by atoms with Crippen LogP contribution >= 0.6 is 12.2 Å². The lowest BCUT2D eigenvalue weighted by Crippen LogP contribution is -2.36. The molecule has 0 amide bonds. The van der Waals surface area contributed by atoms with Crippen LogP contribution in [0.15, 0.2) is 60.7 Å². The van der Waals surface area contributed by atoms with E-state index in [1.807, 2.05) is 36.4 Å². The highest BCUT2D eigenvalue weighted by Gasteiger charge is 2.51. The summed E-state index contributed by atoms with van der Waals surface area (Å²) in [7, 11) is -3.02. The summed E-state index contributed by atoms with van der Waals surface area (Å²) in [5.41, 5.74) is 2.30. The largest absolute Gasteiger partial charge is 0.339 e. The van der Waals surface area contributed by atoms with E-state index < -0.39 is 9.84 Å². The van der Waals surface area contributed by atoms with Crippen LogP contribution in [-0.4, -0.2) is 46.9 Å². The van der Waals surface area contributed by atoms with E-state index >= 15 is 0 Å². The lowest BCUT2D eigenvalue weighted by atomic mass is 10.1. The zero-order valence-corrected chi connectivity index (χ0v) is 15.4. The molecule has 2 aliphatic heterocycles. The molecule has 25 heavy (non-hydrogen) atoms. The van der Waals surface area contributed by atoms with Crippen LogP contribution in [0.1, 0.15) is 11.1 Å². The van der Waals surface area contributed by atoms with Crippen molar-refractivity contribution in [3.8, 4) is 0 Å². The molecule has 0 radical (unpaired) electrons. The van der Waals surface area contributed by atoms with Gasteiger partial charge in [0.05, 0.1) is 23.6 Å². The molecule has 0 N–H and O–H groups in total. The summed E-state index contributed by atoms with van der Waals surface area (Å²) in [4.78, 5) is 4.20. The number of benzene rings is 2. The van der Waals surface area contributed by atoms with Gasteiger partial charge in [-0.1, -0.05) is 60.7 Å². The second kappa shape index (κ2) is 6.42. The fourth-order valence-corrected chi connectivity index (χ4v) is 6.17. The van der Waals surface area contributed by atoms with Crippen LogP contribution in [0, 0.1) is 0 Å². The van der Waals surface area contributed by atoms with Gasteiger partial charge in [-0.2, -0.15) is 0 Å². The van der Waals surface area contributed by atoms with Gasteiger partial charge in [-0.05, 0) is 23.3 Å². The van der Waals surface area contributed by atoms with Crippen molar-refractivity contribution in [1.29, 1.82) is 0 Å². The molecule has 4 nitrogen and oxygen atoms in total. The Morgan fingerprint density at radius 3 is 1.60 bits per heavy atom. The average Bonchev–Trinajstić information content (AvgIpc) is 3.03. The molecule has 2 heterocycles. The Bertz CT molecular complexity index is 803. The van der Waals surface area contributed by atoms with Crippen LogP contribution in [-0.2, 0) is 22.9 Å². The van der Waals surface area contributed by atoms with Gasteiger partial charge in [0, 0.05) is 13.1 Å². The molecular weight excluding hydrogens is 352 g/mol. The maximum Gasteiger partial charge on any atom is 0.172 e. The van der Waals surface area contributed by atoms with Crippen molar-refractivity contribution in [2.45, 2.75) is 25.2 Å². The highest BCUT2D eigenvalue weighted by Crippen LogP contribution is 2.33. The molecule has 0 saturated carbocycles. The number of rotatable bonds is 4. The molecule has 2 unspecified atom stereocenters. The van der Waals surface area contributed by atoms with Gasteiger partial charge in [-0.25, -0.2) is 8.42 Å². The smallest absolute Gasteiger partial charge is 0.172 e. The summed E-state index contributed by atoms with van der Waals surface area (Å²) in [6.45, 7) is 1.31. The van der Waals surface area contributed by atoms with E-state index in [9.17, 15) is 8.42 Å². The molecule has 2 aliphatic rings. The van der Waals surface area contributed by atoms with E-state index in [0.29, 0.717) is 13.1 Å². The Balaban J connectivity index is 1.63. The summed E-state index contributed by atoms with van der Waals surface area (Å²) in [6.07, 6.45) is 0. The Morgan fingerprint density at radius 2 is 1.20 bits per heavy atom. The van der Waals surface area contributed by atoms with Crippen molar-refractivity contribution >= 4 is 27.2 Å². The lowest BCUT2D eigenvalue weighted by Gasteiger charge is -2.25. The molecule has 130 valence electrons. The quantitative estimate of drug-likeness (QED) is 0.771. The normalized spacial score (nSPS) is 24.6. The number of hydrogen-bond donors (Lipinski definition) is 0. The van der Waals surface area contributed by atoms with Crippen LogP contribution in [0.3, 0.4) is 0 Å². The number of sulfone groups is 1. The number of fused-ring (bicyclic) bond motifs is 1. The number of hydrogen-bond acceptors (Lipinski definition) is 3. The monoisotopic (exact) mass is 372 g/mol. The summed E-state index contributed by atoms with van der Waals surface area (Å²) >= 11 is 5.75. The Hall–Kier alpha value is -1.92. The molecule has 2 aromatic carbocycles. The third-order valence-electron chi connectivity index (χ3n) is 4.98. The van der Waals surface area contributed by atoms with Gasteiger partial charge >= 0.3 is 0 Å². The van der Waals surface area contributed by atoms with Gasteiger partial charge in [-0.15, -0.1) is 0 Å². The molecule has 6 heteroatoms. The van der Waals surface area contributed by atoms with E-state index in [4.69, 9.17) is 12.2 Å². The predicted octanol–water partition coefficient (Wildman–Crippen LogP) is 2.45. The molecule has 2 fully saturated rings. The molecule has 0 spiro atoms. The summed E-state index contributed by atoms with van der Waals surface area (Å²) < 4.78 is 24.5. The van der Waals surface area contributed by atoms with Crippen LogP contribution in [0.25, 0.3) is 0 Å². The van der Waals surface area contributed by atoms with Gasteiger partial charge in [0.2, 0.25) is 0 Å².